The summed E-state index contributed by atoms with van der Waals surface area (Å²) in [6.45, 7) is 6.15. The zero-order chi connectivity index (χ0) is 16.2. The Labute approximate surface area is 130 Å². The fraction of sp³-hybridized carbons (Fsp3) is 0.562. The summed E-state index contributed by atoms with van der Waals surface area (Å²) in [4.78, 5) is 29.2. The van der Waals surface area contributed by atoms with Crippen LogP contribution >= 0.6 is 0 Å². The Balaban J connectivity index is 2.19. The van der Waals surface area contributed by atoms with Crippen LogP contribution in [0.25, 0.3) is 0 Å². The lowest BCUT2D eigenvalue weighted by molar-refractivity contribution is -0.121. The SMILES string of the molecule is CC(C)(C)OC(=O)Nc1ncccc1[C@@H]1CCCCN1C=O. The van der Waals surface area contributed by atoms with Gasteiger partial charge in [-0.05, 0) is 46.1 Å². The molecule has 6 nitrogen and oxygen atoms in total. The van der Waals surface area contributed by atoms with Crippen LogP contribution in [0.2, 0.25) is 0 Å². The van der Waals surface area contributed by atoms with E-state index < -0.39 is 11.7 Å². The highest BCUT2D eigenvalue weighted by molar-refractivity contribution is 5.84. The van der Waals surface area contributed by atoms with E-state index in [0.29, 0.717) is 5.82 Å². The van der Waals surface area contributed by atoms with Crippen molar-refractivity contribution in [3.8, 4) is 0 Å². The van der Waals surface area contributed by atoms with E-state index >= 15 is 0 Å². The molecule has 1 N–H and O–H groups in total. The highest BCUT2D eigenvalue weighted by Gasteiger charge is 2.26. The molecule has 1 aliphatic rings. The van der Waals surface area contributed by atoms with Crippen LogP contribution in [-0.2, 0) is 9.53 Å². The number of amides is 2. The number of ether oxygens (including phenoxy) is 1. The van der Waals surface area contributed by atoms with E-state index in [1.54, 1.807) is 31.9 Å². The molecule has 1 atom stereocenters. The largest absolute Gasteiger partial charge is 0.444 e. The summed E-state index contributed by atoms with van der Waals surface area (Å²) >= 11 is 0. The van der Waals surface area contributed by atoms with Crippen molar-refractivity contribution >= 4 is 18.3 Å². The number of pyridine rings is 1. The van der Waals surface area contributed by atoms with Gasteiger partial charge in [0, 0.05) is 18.3 Å². The lowest BCUT2D eigenvalue weighted by atomic mass is 9.96. The maximum atomic E-state index is 12.0. The van der Waals surface area contributed by atoms with Gasteiger partial charge in [0.05, 0.1) is 6.04 Å². The molecule has 1 aromatic heterocycles. The fourth-order valence-electron chi connectivity index (χ4n) is 2.61. The Morgan fingerprint density at radius 3 is 2.91 bits per heavy atom. The highest BCUT2D eigenvalue weighted by atomic mass is 16.6. The first kappa shape index (κ1) is 16.3. The number of carbonyl (C=O) groups excluding carboxylic acids is 2. The number of piperidine rings is 1. The minimum atomic E-state index is -0.571. The summed E-state index contributed by atoms with van der Waals surface area (Å²) in [6.07, 6.45) is 4.87. The Hall–Kier alpha value is -2.11. The van der Waals surface area contributed by atoms with Crippen LogP contribution < -0.4 is 5.32 Å². The molecule has 1 fully saturated rings. The van der Waals surface area contributed by atoms with Gasteiger partial charge in [0.1, 0.15) is 11.4 Å². The molecule has 1 aliphatic heterocycles. The Bertz CT molecular complexity index is 540. The van der Waals surface area contributed by atoms with Crippen molar-refractivity contribution in [2.75, 3.05) is 11.9 Å². The number of anilines is 1. The number of aromatic nitrogens is 1. The van der Waals surface area contributed by atoms with Crippen molar-refractivity contribution < 1.29 is 14.3 Å². The second kappa shape index (κ2) is 6.77. The molecule has 0 aliphatic carbocycles. The van der Waals surface area contributed by atoms with Crippen molar-refractivity contribution in [2.24, 2.45) is 0 Å². The predicted octanol–water partition coefficient (Wildman–Crippen LogP) is 3.11. The predicted molar refractivity (Wildman–Crippen MR) is 83.5 cm³/mol. The molecule has 6 heteroatoms. The van der Waals surface area contributed by atoms with Crippen LogP contribution in [0.1, 0.15) is 51.6 Å². The summed E-state index contributed by atoms with van der Waals surface area (Å²) in [5.74, 6) is 0.454. The first-order valence-electron chi connectivity index (χ1n) is 7.56. The Morgan fingerprint density at radius 1 is 1.45 bits per heavy atom. The topological polar surface area (TPSA) is 71.5 Å². The van der Waals surface area contributed by atoms with Gasteiger partial charge in [0.15, 0.2) is 0 Å². The maximum absolute atomic E-state index is 12.0. The number of carbonyl (C=O) groups is 2. The van der Waals surface area contributed by atoms with Crippen LogP contribution in [0.3, 0.4) is 0 Å². The number of rotatable bonds is 3. The number of nitrogens with zero attached hydrogens (tertiary/aromatic N) is 2. The fourth-order valence-corrected chi connectivity index (χ4v) is 2.61. The molecule has 1 saturated heterocycles. The minimum absolute atomic E-state index is 0.0510. The third-order valence-electron chi connectivity index (χ3n) is 3.50. The zero-order valence-corrected chi connectivity index (χ0v) is 13.3. The molecule has 0 radical (unpaired) electrons. The molecule has 2 amide bonds. The molecule has 1 aromatic rings. The average Bonchev–Trinajstić information content (AvgIpc) is 2.46. The number of nitrogens with one attached hydrogen (secondary N) is 1. The van der Waals surface area contributed by atoms with Gasteiger partial charge in [-0.1, -0.05) is 6.07 Å². The Morgan fingerprint density at radius 2 is 2.23 bits per heavy atom. The second-order valence-electron chi connectivity index (χ2n) is 6.42. The first-order valence-corrected chi connectivity index (χ1v) is 7.56. The zero-order valence-electron chi connectivity index (χ0n) is 13.3. The maximum Gasteiger partial charge on any atom is 0.413 e. The molecule has 22 heavy (non-hydrogen) atoms. The van der Waals surface area contributed by atoms with Crippen molar-refractivity contribution in [1.29, 1.82) is 0 Å². The van der Waals surface area contributed by atoms with Gasteiger partial charge in [-0.3, -0.25) is 10.1 Å². The van der Waals surface area contributed by atoms with Crippen molar-refractivity contribution in [1.82, 2.24) is 9.88 Å². The molecule has 2 heterocycles. The van der Waals surface area contributed by atoms with E-state index in [0.717, 1.165) is 37.8 Å². The van der Waals surface area contributed by atoms with Crippen molar-refractivity contribution in [3.05, 3.63) is 23.9 Å². The standard InChI is InChI=1S/C16H23N3O3/c1-16(2,3)22-15(21)18-14-12(7-6-9-17-14)13-8-4-5-10-19(13)11-20/h6-7,9,11,13H,4-5,8,10H2,1-3H3,(H,17,18,21)/t13-/m0/s1. The summed E-state index contributed by atoms with van der Waals surface area (Å²) in [5, 5.41) is 2.69. The molecule has 0 bridgehead atoms. The number of hydrogen-bond donors (Lipinski definition) is 1. The lowest BCUT2D eigenvalue weighted by Gasteiger charge is -2.33. The van der Waals surface area contributed by atoms with E-state index in [-0.39, 0.29) is 6.04 Å². The van der Waals surface area contributed by atoms with E-state index in [2.05, 4.69) is 10.3 Å². The summed E-state index contributed by atoms with van der Waals surface area (Å²) in [7, 11) is 0. The van der Waals surface area contributed by atoms with E-state index in [1.165, 1.54) is 0 Å². The first-order chi connectivity index (χ1) is 10.4. The molecular formula is C16H23N3O3. The number of likely N-dealkylation sites (tertiary alicyclic amines) is 1. The smallest absolute Gasteiger partial charge is 0.413 e. The van der Waals surface area contributed by atoms with Crippen LogP contribution in [0, 0.1) is 0 Å². The van der Waals surface area contributed by atoms with E-state index in [9.17, 15) is 9.59 Å². The third-order valence-corrected chi connectivity index (χ3v) is 3.50. The van der Waals surface area contributed by atoms with Gasteiger partial charge < -0.3 is 9.64 Å². The van der Waals surface area contributed by atoms with Gasteiger partial charge in [0.25, 0.3) is 0 Å². The molecule has 0 spiro atoms. The molecule has 0 saturated carbocycles. The summed E-state index contributed by atoms with van der Waals surface area (Å²) in [5.41, 5.74) is 0.277. The average molecular weight is 305 g/mol. The highest BCUT2D eigenvalue weighted by Crippen LogP contribution is 2.33. The molecule has 0 aromatic carbocycles. The van der Waals surface area contributed by atoms with E-state index in [1.807, 2.05) is 12.1 Å². The van der Waals surface area contributed by atoms with Crippen LogP contribution in [0.4, 0.5) is 10.6 Å². The quantitative estimate of drug-likeness (QED) is 0.871. The second-order valence-corrected chi connectivity index (χ2v) is 6.42. The third kappa shape index (κ3) is 4.19. The molecule has 0 unspecified atom stereocenters. The Kier molecular flexibility index (Phi) is 5.00. The molecule has 120 valence electrons. The minimum Gasteiger partial charge on any atom is -0.444 e. The lowest BCUT2D eigenvalue weighted by Crippen LogP contribution is -2.33. The van der Waals surface area contributed by atoms with Gasteiger partial charge in [-0.15, -0.1) is 0 Å². The molecular weight excluding hydrogens is 282 g/mol. The number of hydrogen-bond acceptors (Lipinski definition) is 4. The van der Waals surface area contributed by atoms with Crippen LogP contribution in [0.5, 0.6) is 0 Å². The van der Waals surface area contributed by atoms with Crippen LogP contribution in [0.15, 0.2) is 18.3 Å². The van der Waals surface area contributed by atoms with Gasteiger partial charge in [-0.2, -0.15) is 0 Å². The van der Waals surface area contributed by atoms with Crippen molar-refractivity contribution in [3.63, 3.8) is 0 Å². The van der Waals surface area contributed by atoms with Gasteiger partial charge >= 0.3 is 6.09 Å². The monoisotopic (exact) mass is 305 g/mol. The summed E-state index contributed by atoms with van der Waals surface area (Å²) in [6, 6.07) is 3.66. The van der Waals surface area contributed by atoms with Crippen molar-refractivity contribution in [2.45, 2.75) is 51.7 Å². The van der Waals surface area contributed by atoms with E-state index in [4.69, 9.17) is 4.74 Å². The van der Waals surface area contributed by atoms with Gasteiger partial charge in [0.2, 0.25) is 6.41 Å². The van der Waals surface area contributed by atoms with Crippen LogP contribution in [-0.4, -0.2) is 34.5 Å². The normalized spacial score (nSPS) is 18.7. The van der Waals surface area contributed by atoms with Gasteiger partial charge in [-0.25, -0.2) is 9.78 Å². The summed E-state index contributed by atoms with van der Waals surface area (Å²) < 4.78 is 5.26. The molecule has 2 rings (SSSR count).